The molecule has 1 aliphatic heterocycles. The minimum atomic E-state index is -0.452. The molecule has 0 spiro atoms. The minimum absolute atomic E-state index is 0.425. The van der Waals surface area contributed by atoms with E-state index in [4.69, 9.17) is 15.9 Å². The molecular formula is C116H74BIN6O2. The maximum absolute atomic E-state index is 9.86. The fourth-order valence-electron chi connectivity index (χ4n) is 20.7. The molecule has 1 saturated heterocycles. The topological polar surface area (TPSA) is 64.2 Å². The fourth-order valence-corrected chi connectivity index (χ4v) is 21.2. The van der Waals surface area contributed by atoms with E-state index in [1.54, 1.807) is 0 Å². The quantitative estimate of drug-likeness (QED) is 0.0865. The van der Waals surface area contributed by atoms with Crippen molar-refractivity contribution in [3.05, 3.63) is 397 Å². The molecule has 0 bridgehead atoms. The molecule has 1 aliphatic rings. The smallest absolute Gasteiger partial charge is 0.399 e. The summed E-state index contributed by atoms with van der Waals surface area (Å²) in [6.07, 6.45) is 0. The van der Waals surface area contributed by atoms with Crippen molar-refractivity contribution >= 4 is 193 Å². The van der Waals surface area contributed by atoms with Crippen LogP contribution in [-0.2, 0) is 9.31 Å². The number of hydrogen-bond donors (Lipinski definition) is 0. The maximum atomic E-state index is 9.86. The van der Waals surface area contributed by atoms with E-state index >= 15 is 0 Å². The van der Waals surface area contributed by atoms with Crippen LogP contribution in [-0.4, -0.2) is 35.9 Å². The predicted molar refractivity (Wildman–Crippen MR) is 535 cm³/mol. The normalized spacial score (nSPS) is 13.5. The molecule has 126 heavy (non-hydrogen) atoms. The Hall–Kier alpha value is -15.1. The Labute approximate surface area is 739 Å². The van der Waals surface area contributed by atoms with Crippen LogP contribution < -0.4 is 5.46 Å². The van der Waals surface area contributed by atoms with E-state index in [0.717, 1.165) is 66.7 Å². The van der Waals surface area contributed by atoms with Gasteiger partial charge < -0.3 is 26.9 Å². The van der Waals surface area contributed by atoms with Gasteiger partial charge in [-0.1, -0.05) is 237 Å². The van der Waals surface area contributed by atoms with E-state index in [9.17, 15) is 5.26 Å². The van der Waals surface area contributed by atoms with Gasteiger partial charge in [-0.25, -0.2) is 4.85 Å². The fraction of sp³-hybridized carbons (Fsp3) is 0.0517. The zero-order valence-electron chi connectivity index (χ0n) is 69.3. The standard InChI is InChI=1S/C55H31N3.C43H33BN2O2.C18H10IN/c1-56-41-27-38(33-11-3-2-4-12-33)26-39(28-41)35-14-9-13-34(25-35)36-21-23-53-47(29-36)49-32-40(31-48-43-16-6-8-20-51(43)58(53)55(48)49)37-22-24-52-46(30-37)45-18-10-17-44-42-15-5-7-19-50(42)57(52)54(44)45;1-42(2)43(3,4)48-44(47-42)34-24-37-35-15-8-9-16-39(35)46-40-18-17-31(23-36(40)38(25-34)41(37)46)29-13-10-14-30(21-29)33-20-27(26-45)19-32(22-33)28-11-6-5-7-12-28;19-11-8-9-17-15(10-11)14-6-3-5-13-12-4-1-2-7-16(12)20(17)18(13)14/h2-32H;5-25H,1-4H3;1-10H. The lowest BCUT2D eigenvalue weighted by Crippen LogP contribution is -2.41. The number of para-hydroxylation sites is 6. The molecule has 0 radical (unpaired) electrons. The van der Waals surface area contributed by atoms with Gasteiger partial charge in [-0.05, 0) is 273 Å². The first-order valence-electron chi connectivity index (χ1n) is 42.9. The van der Waals surface area contributed by atoms with E-state index in [1.807, 2.05) is 60.7 Å². The summed E-state index contributed by atoms with van der Waals surface area (Å²) in [7, 11) is -0.452. The van der Waals surface area contributed by atoms with Crippen LogP contribution in [0.15, 0.2) is 376 Å². The Morgan fingerprint density at radius 1 is 0.262 bits per heavy atom. The molecule has 9 heterocycles. The van der Waals surface area contributed by atoms with E-state index in [0.29, 0.717) is 11.3 Å². The van der Waals surface area contributed by atoms with Crippen molar-refractivity contribution in [1.29, 1.82) is 5.26 Å². The molecule has 1 fully saturated rings. The monoisotopic (exact) mass is 1720 g/mol. The van der Waals surface area contributed by atoms with Crippen LogP contribution >= 0.6 is 22.6 Å². The molecule has 26 aromatic rings. The van der Waals surface area contributed by atoms with E-state index in [1.165, 1.54) is 173 Å². The molecular weight excluding hydrogens is 1650 g/mol. The summed E-state index contributed by atoms with van der Waals surface area (Å²) in [4.78, 5) is 3.84. The van der Waals surface area contributed by atoms with Crippen LogP contribution in [0.5, 0.6) is 0 Å². The van der Waals surface area contributed by atoms with Gasteiger partial charge in [-0.3, -0.25) is 0 Å². The van der Waals surface area contributed by atoms with Gasteiger partial charge in [0.1, 0.15) is 0 Å². The van der Waals surface area contributed by atoms with Gasteiger partial charge in [0.05, 0.1) is 95.6 Å². The number of nitriles is 1. The summed E-state index contributed by atoms with van der Waals surface area (Å²) >= 11 is 2.39. The summed E-state index contributed by atoms with van der Waals surface area (Å²) in [5, 5.41) is 30.3. The maximum Gasteiger partial charge on any atom is 0.494 e. The van der Waals surface area contributed by atoms with Crippen LogP contribution in [0.4, 0.5) is 5.69 Å². The highest BCUT2D eigenvalue weighted by atomic mass is 127. The largest absolute Gasteiger partial charge is 0.494 e. The van der Waals surface area contributed by atoms with E-state index < -0.39 is 18.3 Å². The number of fused-ring (bicyclic) bond motifs is 24. The van der Waals surface area contributed by atoms with Gasteiger partial charge in [0, 0.05) is 89.7 Å². The lowest BCUT2D eigenvalue weighted by atomic mass is 9.77. The summed E-state index contributed by atoms with van der Waals surface area (Å²) in [6, 6.07) is 138. The van der Waals surface area contributed by atoms with Crippen LogP contribution in [0.2, 0.25) is 0 Å². The number of rotatable bonds is 8. The molecule has 18 aromatic carbocycles. The Morgan fingerprint density at radius 3 is 0.976 bits per heavy atom. The highest BCUT2D eigenvalue weighted by Gasteiger charge is 2.52. The molecule has 8 aromatic heterocycles. The SMILES string of the molecule is CC1(C)OB(c2cc3c4ccccc4n4c5ccc(-c6cccc(-c7cc(C#N)cc(-c8ccccc8)c7)c6)cc5c(c2)c34)OC1(C)C.Ic1ccc2c(c1)c1cccc3c4ccccc4n2c31.[C-]#[N+]c1cc(-c2ccccc2)cc(-c2cccc(-c3ccc4c(c3)c3cc(-c5ccc6c(c5)c5cccc7c8ccccc8n6c75)cc5c6ccccc6n4c53)c2)c1. The van der Waals surface area contributed by atoms with Crippen LogP contribution in [0.3, 0.4) is 0 Å². The molecule has 8 nitrogen and oxygen atoms in total. The molecule has 0 unspecified atom stereocenters. The van der Waals surface area contributed by atoms with Gasteiger partial charge in [-0.2, -0.15) is 5.26 Å². The molecule has 0 saturated carbocycles. The van der Waals surface area contributed by atoms with Crippen LogP contribution in [0.1, 0.15) is 33.3 Å². The molecule has 0 amide bonds. The lowest BCUT2D eigenvalue weighted by molar-refractivity contribution is 0.00578. The number of nitrogens with zero attached hydrogens (tertiary/aromatic N) is 6. The van der Waals surface area contributed by atoms with Crippen molar-refractivity contribution < 1.29 is 9.31 Å². The molecule has 590 valence electrons. The Kier molecular flexibility index (Phi) is 16.3. The molecule has 0 aliphatic carbocycles. The summed E-state index contributed by atoms with van der Waals surface area (Å²) in [5.41, 5.74) is 32.0. The lowest BCUT2D eigenvalue weighted by Gasteiger charge is -2.32. The molecule has 0 N–H and O–H groups in total. The number of benzene rings is 18. The first kappa shape index (κ1) is 73.6. The van der Waals surface area contributed by atoms with Gasteiger partial charge in [0.25, 0.3) is 0 Å². The van der Waals surface area contributed by atoms with Crippen molar-refractivity contribution in [3.8, 4) is 84.0 Å². The summed E-state index contributed by atoms with van der Waals surface area (Å²) < 4.78 is 24.1. The van der Waals surface area contributed by atoms with Crippen LogP contribution in [0.25, 0.3) is 235 Å². The van der Waals surface area contributed by atoms with Gasteiger partial charge in [0.2, 0.25) is 0 Å². The van der Waals surface area contributed by atoms with Crippen LogP contribution in [0, 0.1) is 21.5 Å². The van der Waals surface area contributed by atoms with Crippen molar-refractivity contribution in [1.82, 2.24) is 17.6 Å². The third-order valence-corrected chi connectivity index (χ3v) is 27.9. The van der Waals surface area contributed by atoms with Gasteiger partial charge in [0.15, 0.2) is 5.69 Å². The average Bonchev–Trinajstić information content (AvgIpc) is 1.55. The van der Waals surface area contributed by atoms with Crippen molar-refractivity contribution in [2.75, 3.05) is 0 Å². The Bertz CT molecular complexity index is 9100. The predicted octanol–water partition coefficient (Wildman–Crippen LogP) is 30.7. The summed E-state index contributed by atoms with van der Waals surface area (Å²) in [6.45, 7) is 16.3. The Balaban J connectivity index is 0.000000114. The molecule has 0 atom stereocenters. The van der Waals surface area contributed by atoms with Crippen molar-refractivity contribution in [2.24, 2.45) is 0 Å². The van der Waals surface area contributed by atoms with E-state index in [-0.39, 0.29) is 0 Å². The third kappa shape index (κ3) is 11.2. The first-order valence-corrected chi connectivity index (χ1v) is 44.0. The zero-order valence-corrected chi connectivity index (χ0v) is 71.4. The highest BCUT2D eigenvalue weighted by Crippen LogP contribution is 2.49. The average molecular weight is 1720 g/mol. The van der Waals surface area contributed by atoms with Crippen molar-refractivity contribution in [3.63, 3.8) is 0 Å². The second kappa shape index (κ2) is 27.9. The number of hydrogen-bond acceptors (Lipinski definition) is 3. The number of halogens is 1. The summed E-state index contributed by atoms with van der Waals surface area (Å²) in [5.74, 6) is 0. The van der Waals surface area contributed by atoms with E-state index in [2.05, 4.69) is 394 Å². The second-order valence-electron chi connectivity index (χ2n) is 34.8. The second-order valence-corrected chi connectivity index (χ2v) is 36.1. The minimum Gasteiger partial charge on any atom is -0.399 e. The molecule has 10 heteroatoms. The highest BCUT2D eigenvalue weighted by molar-refractivity contribution is 14.1. The van der Waals surface area contributed by atoms with Crippen molar-refractivity contribution in [2.45, 2.75) is 38.9 Å². The zero-order chi connectivity index (χ0) is 84.1. The molecule has 27 rings (SSSR count). The van der Waals surface area contributed by atoms with Gasteiger partial charge in [-0.15, -0.1) is 0 Å². The van der Waals surface area contributed by atoms with Gasteiger partial charge >= 0.3 is 7.12 Å². The Morgan fingerprint density at radius 2 is 0.532 bits per heavy atom. The first-order chi connectivity index (χ1) is 61.7. The number of aromatic nitrogens is 4. The third-order valence-electron chi connectivity index (χ3n) is 27.3.